The molecule has 7 heteroatoms. The lowest BCUT2D eigenvalue weighted by molar-refractivity contribution is -0.384. The highest BCUT2D eigenvalue weighted by atomic mass is 79.9. The summed E-state index contributed by atoms with van der Waals surface area (Å²) in [6.07, 6.45) is 2.70. The third kappa shape index (κ3) is 2.97. The first-order chi connectivity index (χ1) is 8.58. The maximum absolute atomic E-state index is 10.9. The second-order valence-corrected chi connectivity index (χ2v) is 5.20. The Bertz CT molecular complexity index is 455. The molecule has 2 rings (SSSR count). The van der Waals surface area contributed by atoms with E-state index >= 15 is 0 Å². The zero-order chi connectivity index (χ0) is 13.1. The fraction of sp³-hybridized carbons (Fsp3) is 0.545. The Labute approximate surface area is 113 Å². The van der Waals surface area contributed by atoms with Crippen molar-refractivity contribution in [3.05, 3.63) is 26.9 Å². The molecule has 0 bridgehead atoms. The molecule has 0 radical (unpaired) electrons. The van der Waals surface area contributed by atoms with Crippen LogP contribution in [-0.2, 0) is 4.74 Å². The van der Waals surface area contributed by atoms with Gasteiger partial charge in [-0.1, -0.05) is 0 Å². The topological polar surface area (TPSA) is 77.3 Å². The van der Waals surface area contributed by atoms with Crippen molar-refractivity contribution in [3.63, 3.8) is 0 Å². The molecule has 1 aromatic rings. The van der Waals surface area contributed by atoms with Crippen molar-refractivity contribution in [2.24, 2.45) is 5.92 Å². The lowest BCUT2D eigenvalue weighted by Gasteiger charge is -2.15. The zero-order valence-electron chi connectivity index (χ0n) is 9.93. The average molecular weight is 316 g/mol. The van der Waals surface area contributed by atoms with E-state index in [4.69, 9.17) is 4.74 Å². The van der Waals surface area contributed by atoms with E-state index in [2.05, 4.69) is 26.2 Å². The molecule has 0 spiro atoms. The van der Waals surface area contributed by atoms with Gasteiger partial charge in [-0.15, -0.1) is 0 Å². The first-order valence-corrected chi connectivity index (χ1v) is 6.52. The van der Waals surface area contributed by atoms with Gasteiger partial charge in [0.15, 0.2) is 0 Å². The number of hydrogen-bond donors (Lipinski definition) is 1. The van der Waals surface area contributed by atoms with Gasteiger partial charge >= 0.3 is 5.69 Å². The number of anilines is 1. The SMILES string of the molecule is CC1OCCC1CNc1ncc(Br)cc1[N+](=O)[O-]. The average Bonchev–Trinajstić information content (AvgIpc) is 2.73. The number of halogens is 1. The van der Waals surface area contributed by atoms with Crippen molar-refractivity contribution in [2.45, 2.75) is 19.4 Å². The lowest BCUT2D eigenvalue weighted by Crippen LogP contribution is -2.21. The molecule has 18 heavy (non-hydrogen) atoms. The molecule has 2 heterocycles. The van der Waals surface area contributed by atoms with Crippen LogP contribution in [0.1, 0.15) is 13.3 Å². The van der Waals surface area contributed by atoms with E-state index in [9.17, 15) is 10.1 Å². The summed E-state index contributed by atoms with van der Waals surface area (Å²) < 4.78 is 6.04. The third-order valence-electron chi connectivity index (χ3n) is 3.10. The number of nitro groups is 1. The van der Waals surface area contributed by atoms with Crippen LogP contribution < -0.4 is 5.32 Å². The predicted molar refractivity (Wildman–Crippen MR) is 70.6 cm³/mol. The Morgan fingerprint density at radius 3 is 3.11 bits per heavy atom. The molecule has 1 aromatic heterocycles. The van der Waals surface area contributed by atoms with Crippen LogP contribution in [0.5, 0.6) is 0 Å². The largest absolute Gasteiger partial charge is 0.378 e. The highest BCUT2D eigenvalue weighted by Gasteiger charge is 2.25. The van der Waals surface area contributed by atoms with E-state index in [0.717, 1.165) is 13.0 Å². The number of pyridine rings is 1. The molecular formula is C11H14BrN3O3. The molecule has 2 unspecified atom stereocenters. The Balaban J connectivity index is 2.06. The summed E-state index contributed by atoms with van der Waals surface area (Å²) in [6.45, 7) is 3.41. The molecular weight excluding hydrogens is 302 g/mol. The molecule has 6 nitrogen and oxygen atoms in total. The number of nitrogens with zero attached hydrogens (tertiary/aromatic N) is 2. The summed E-state index contributed by atoms with van der Waals surface area (Å²) in [5.74, 6) is 0.678. The standard InChI is InChI=1S/C11H14BrN3O3/c1-7-8(2-3-18-7)5-13-11-10(15(16)17)4-9(12)6-14-11/h4,6-8H,2-3,5H2,1H3,(H,13,14). The molecule has 1 fully saturated rings. The molecule has 0 saturated carbocycles. The van der Waals surface area contributed by atoms with Crippen molar-refractivity contribution >= 4 is 27.4 Å². The van der Waals surface area contributed by atoms with Crippen molar-refractivity contribution in [1.29, 1.82) is 0 Å². The van der Waals surface area contributed by atoms with Gasteiger partial charge < -0.3 is 10.1 Å². The van der Waals surface area contributed by atoms with Crippen LogP contribution in [0, 0.1) is 16.0 Å². The summed E-state index contributed by atoms with van der Waals surface area (Å²) in [7, 11) is 0. The maximum atomic E-state index is 10.9. The van der Waals surface area contributed by atoms with Crippen LogP contribution in [0.3, 0.4) is 0 Å². The Kier molecular flexibility index (Phi) is 4.13. The van der Waals surface area contributed by atoms with E-state index in [1.807, 2.05) is 6.92 Å². The van der Waals surface area contributed by atoms with E-state index in [-0.39, 0.29) is 11.8 Å². The minimum Gasteiger partial charge on any atom is -0.378 e. The van der Waals surface area contributed by atoms with Gasteiger partial charge in [0.25, 0.3) is 0 Å². The van der Waals surface area contributed by atoms with Gasteiger partial charge in [0.2, 0.25) is 5.82 Å². The number of aromatic nitrogens is 1. The van der Waals surface area contributed by atoms with E-state index in [1.165, 1.54) is 6.07 Å². The normalized spacial score (nSPS) is 23.0. The van der Waals surface area contributed by atoms with Gasteiger partial charge in [0.1, 0.15) is 0 Å². The molecule has 1 N–H and O–H groups in total. The van der Waals surface area contributed by atoms with Crippen molar-refractivity contribution in [1.82, 2.24) is 4.98 Å². The van der Waals surface area contributed by atoms with E-state index < -0.39 is 4.92 Å². The Morgan fingerprint density at radius 1 is 1.72 bits per heavy atom. The molecule has 98 valence electrons. The summed E-state index contributed by atoms with van der Waals surface area (Å²) >= 11 is 3.18. The molecule has 1 aliphatic rings. The molecule has 0 amide bonds. The van der Waals surface area contributed by atoms with Crippen molar-refractivity contribution in [3.8, 4) is 0 Å². The Hall–Kier alpha value is -1.21. The van der Waals surface area contributed by atoms with Gasteiger partial charge in [-0.2, -0.15) is 0 Å². The van der Waals surface area contributed by atoms with Crippen LogP contribution in [0.2, 0.25) is 0 Å². The predicted octanol–water partition coefficient (Wildman–Crippen LogP) is 2.59. The highest BCUT2D eigenvalue weighted by molar-refractivity contribution is 9.10. The zero-order valence-corrected chi connectivity index (χ0v) is 11.5. The molecule has 0 aliphatic carbocycles. The fourth-order valence-electron chi connectivity index (χ4n) is 1.98. The molecule has 2 atom stereocenters. The highest BCUT2D eigenvalue weighted by Crippen LogP contribution is 2.27. The second kappa shape index (κ2) is 5.62. The van der Waals surface area contributed by atoms with Gasteiger partial charge in [0.05, 0.1) is 11.0 Å². The molecule has 1 saturated heterocycles. The van der Waals surface area contributed by atoms with E-state index in [1.54, 1.807) is 6.20 Å². The third-order valence-corrected chi connectivity index (χ3v) is 3.53. The van der Waals surface area contributed by atoms with Crippen LogP contribution in [0.4, 0.5) is 11.5 Å². The van der Waals surface area contributed by atoms with Crippen LogP contribution in [-0.4, -0.2) is 29.2 Å². The van der Waals surface area contributed by atoms with Gasteiger partial charge in [-0.05, 0) is 29.3 Å². The van der Waals surface area contributed by atoms with Crippen molar-refractivity contribution < 1.29 is 9.66 Å². The molecule has 1 aliphatic heterocycles. The van der Waals surface area contributed by atoms with Crippen molar-refractivity contribution in [2.75, 3.05) is 18.5 Å². The monoisotopic (exact) mass is 315 g/mol. The van der Waals surface area contributed by atoms with Gasteiger partial charge in [0, 0.05) is 35.8 Å². The van der Waals surface area contributed by atoms with Crippen LogP contribution >= 0.6 is 15.9 Å². The molecule has 0 aromatic carbocycles. The number of ether oxygens (including phenoxy) is 1. The number of nitrogens with one attached hydrogen (secondary N) is 1. The number of rotatable bonds is 4. The van der Waals surface area contributed by atoms with Gasteiger partial charge in [-0.3, -0.25) is 10.1 Å². The number of hydrogen-bond acceptors (Lipinski definition) is 5. The first-order valence-electron chi connectivity index (χ1n) is 5.73. The Morgan fingerprint density at radius 2 is 2.50 bits per heavy atom. The summed E-state index contributed by atoms with van der Waals surface area (Å²) in [4.78, 5) is 14.5. The smallest absolute Gasteiger partial charge is 0.312 e. The maximum Gasteiger partial charge on any atom is 0.312 e. The van der Waals surface area contributed by atoms with Crippen LogP contribution in [0.15, 0.2) is 16.7 Å². The summed E-state index contributed by atoms with van der Waals surface area (Å²) in [6, 6.07) is 1.45. The quantitative estimate of drug-likeness (QED) is 0.682. The van der Waals surface area contributed by atoms with Gasteiger partial charge in [-0.25, -0.2) is 4.98 Å². The lowest BCUT2D eigenvalue weighted by atomic mass is 10.0. The minimum atomic E-state index is -0.436. The van der Waals surface area contributed by atoms with Crippen LogP contribution in [0.25, 0.3) is 0 Å². The fourth-order valence-corrected chi connectivity index (χ4v) is 2.30. The summed E-state index contributed by atoms with van der Waals surface area (Å²) in [5.41, 5.74) is -0.0176. The first kappa shape index (κ1) is 13.2. The van der Waals surface area contributed by atoms with E-state index in [0.29, 0.717) is 22.8 Å². The summed E-state index contributed by atoms with van der Waals surface area (Å²) in [5, 5.41) is 14.0. The second-order valence-electron chi connectivity index (χ2n) is 4.28. The minimum absolute atomic E-state index is 0.0176.